The van der Waals surface area contributed by atoms with Gasteiger partial charge in [0.05, 0.1) is 0 Å². The van der Waals surface area contributed by atoms with Crippen LogP contribution in [0.15, 0.2) is 0 Å². The third kappa shape index (κ3) is 3.76. The molecule has 3 N–H and O–H groups in total. The Morgan fingerprint density at radius 2 is 2.13 bits per heavy atom. The number of nitrogens with two attached hydrogens (primary N) is 1. The molecule has 0 aromatic heterocycles. The molecule has 1 saturated carbocycles. The Bertz CT molecular complexity index is 189. The van der Waals surface area contributed by atoms with E-state index in [2.05, 4.69) is 33.0 Å². The summed E-state index contributed by atoms with van der Waals surface area (Å²) in [6.07, 6.45) is 5.19. The number of hydrogen-bond donors (Lipinski definition) is 2. The molecule has 0 amide bonds. The van der Waals surface area contributed by atoms with E-state index in [9.17, 15) is 0 Å². The highest BCUT2D eigenvalue weighted by Gasteiger charge is 2.32. The van der Waals surface area contributed by atoms with Gasteiger partial charge in [0.2, 0.25) is 0 Å². The predicted molar refractivity (Wildman–Crippen MR) is 66.9 cm³/mol. The fraction of sp³-hybridized carbons (Fsp3) is 1.00. The minimum atomic E-state index is 0.508. The van der Waals surface area contributed by atoms with Crippen molar-refractivity contribution in [1.29, 1.82) is 0 Å². The lowest BCUT2D eigenvalue weighted by molar-refractivity contribution is 0.312. The van der Waals surface area contributed by atoms with Crippen LogP contribution < -0.4 is 11.1 Å². The minimum Gasteiger partial charge on any atom is -0.329 e. The zero-order valence-electron chi connectivity index (χ0n) is 10.8. The fourth-order valence-electron chi connectivity index (χ4n) is 2.63. The van der Waals surface area contributed by atoms with Crippen molar-refractivity contribution in [2.24, 2.45) is 17.1 Å². The van der Waals surface area contributed by atoms with Gasteiger partial charge in [-0.1, -0.05) is 34.1 Å². The van der Waals surface area contributed by atoms with Crippen LogP contribution >= 0.6 is 0 Å². The Morgan fingerprint density at radius 1 is 1.47 bits per heavy atom. The monoisotopic (exact) mass is 212 g/mol. The molecule has 90 valence electrons. The van der Waals surface area contributed by atoms with Gasteiger partial charge in [-0.2, -0.15) is 0 Å². The molecule has 0 saturated heterocycles. The van der Waals surface area contributed by atoms with Crippen molar-refractivity contribution in [3.63, 3.8) is 0 Å². The summed E-state index contributed by atoms with van der Waals surface area (Å²) in [5, 5.41) is 3.75. The van der Waals surface area contributed by atoms with Gasteiger partial charge >= 0.3 is 0 Å². The number of hydrogen-bond acceptors (Lipinski definition) is 2. The summed E-state index contributed by atoms with van der Waals surface area (Å²) in [4.78, 5) is 0. The smallest absolute Gasteiger partial charge is 0.0218 e. The summed E-state index contributed by atoms with van der Waals surface area (Å²) < 4.78 is 0. The maximum absolute atomic E-state index is 5.83. The third-order valence-electron chi connectivity index (χ3n) is 4.00. The van der Waals surface area contributed by atoms with Gasteiger partial charge in [0.1, 0.15) is 0 Å². The Labute approximate surface area is 95.0 Å². The van der Waals surface area contributed by atoms with Gasteiger partial charge in [0.25, 0.3) is 0 Å². The minimum absolute atomic E-state index is 0.508. The van der Waals surface area contributed by atoms with Crippen LogP contribution in [0.5, 0.6) is 0 Å². The average molecular weight is 212 g/mol. The van der Waals surface area contributed by atoms with Crippen molar-refractivity contribution >= 4 is 0 Å². The maximum Gasteiger partial charge on any atom is 0.0218 e. The van der Waals surface area contributed by atoms with Gasteiger partial charge in [0.15, 0.2) is 0 Å². The first-order valence-electron chi connectivity index (χ1n) is 6.44. The van der Waals surface area contributed by atoms with Crippen LogP contribution in [-0.4, -0.2) is 18.6 Å². The molecule has 3 unspecified atom stereocenters. The number of rotatable bonds is 5. The lowest BCUT2D eigenvalue weighted by Crippen LogP contribution is -2.45. The zero-order chi connectivity index (χ0) is 11.5. The maximum atomic E-state index is 5.83. The van der Waals surface area contributed by atoms with Crippen molar-refractivity contribution < 1.29 is 0 Å². The molecule has 0 radical (unpaired) electrons. The Morgan fingerprint density at radius 3 is 2.53 bits per heavy atom. The molecule has 1 rings (SSSR count). The zero-order valence-corrected chi connectivity index (χ0v) is 10.8. The lowest BCUT2D eigenvalue weighted by Gasteiger charge is -2.27. The van der Waals surface area contributed by atoms with Crippen molar-refractivity contribution in [3.8, 4) is 0 Å². The molecule has 0 spiro atoms. The van der Waals surface area contributed by atoms with E-state index >= 15 is 0 Å². The molecule has 2 nitrogen and oxygen atoms in total. The normalized spacial score (nSPS) is 29.0. The molecule has 0 aromatic carbocycles. The predicted octanol–water partition coefficient (Wildman–Crippen LogP) is 2.53. The molecule has 0 aromatic rings. The molecule has 0 aliphatic heterocycles. The van der Waals surface area contributed by atoms with Gasteiger partial charge in [0, 0.05) is 18.6 Å². The Kier molecular flexibility index (Phi) is 4.60. The van der Waals surface area contributed by atoms with E-state index < -0.39 is 0 Å². The van der Waals surface area contributed by atoms with Gasteiger partial charge < -0.3 is 11.1 Å². The molecule has 15 heavy (non-hydrogen) atoms. The molecule has 2 heteroatoms. The fourth-order valence-corrected chi connectivity index (χ4v) is 2.63. The molecular weight excluding hydrogens is 184 g/mol. The second-order valence-corrected chi connectivity index (χ2v) is 6.00. The molecule has 1 fully saturated rings. The summed E-state index contributed by atoms with van der Waals surface area (Å²) in [7, 11) is 0. The lowest BCUT2D eigenvalue weighted by atomic mass is 9.91. The van der Waals surface area contributed by atoms with E-state index in [4.69, 9.17) is 5.73 Å². The summed E-state index contributed by atoms with van der Waals surface area (Å²) in [6, 6.07) is 1.21. The first kappa shape index (κ1) is 13.0. The molecule has 1 aliphatic rings. The Balaban J connectivity index is 2.40. The third-order valence-corrected chi connectivity index (χ3v) is 4.00. The van der Waals surface area contributed by atoms with Gasteiger partial charge in [-0.05, 0) is 30.6 Å². The molecular formula is C13H28N2. The molecule has 3 atom stereocenters. The van der Waals surface area contributed by atoms with E-state index in [1.165, 1.54) is 25.7 Å². The van der Waals surface area contributed by atoms with Crippen LogP contribution in [-0.2, 0) is 0 Å². The van der Waals surface area contributed by atoms with Crippen LogP contribution in [0.1, 0.15) is 53.4 Å². The van der Waals surface area contributed by atoms with Crippen LogP contribution in [0.4, 0.5) is 0 Å². The van der Waals surface area contributed by atoms with Crippen molar-refractivity contribution in [2.45, 2.75) is 65.5 Å². The van der Waals surface area contributed by atoms with Crippen LogP contribution in [0.2, 0.25) is 0 Å². The van der Waals surface area contributed by atoms with Gasteiger partial charge in [-0.25, -0.2) is 0 Å². The quantitative estimate of drug-likeness (QED) is 0.735. The number of nitrogens with one attached hydrogen (secondary N) is 1. The first-order valence-corrected chi connectivity index (χ1v) is 6.44. The highest BCUT2D eigenvalue weighted by molar-refractivity contribution is 4.89. The second kappa shape index (κ2) is 5.31. The summed E-state index contributed by atoms with van der Waals surface area (Å²) in [5.74, 6) is 0.693. The SMILES string of the molecule is CCC(C)C(CN)NC1CCC(C)(C)C1. The topological polar surface area (TPSA) is 38.0 Å². The molecule has 0 bridgehead atoms. The molecule has 1 aliphatic carbocycles. The van der Waals surface area contributed by atoms with Crippen molar-refractivity contribution in [3.05, 3.63) is 0 Å². The van der Waals surface area contributed by atoms with E-state index in [0.29, 0.717) is 23.4 Å². The summed E-state index contributed by atoms with van der Waals surface area (Å²) in [6.45, 7) is 10.1. The van der Waals surface area contributed by atoms with Crippen molar-refractivity contribution in [1.82, 2.24) is 5.32 Å². The van der Waals surface area contributed by atoms with Crippen molar-refractivity contribution in [2.75, 3.05) is 6.54 Å². The van der Waals surface area contributed by atoms with Crippen LogP contribution in [0.3, 0.4) is 0 Å². The second-order valence-electron chi connectivity index (χ2n) is 6.00. The van der Waals surface area contributed by atoms with Gasteiger partial charge in [-0.15, -0.1) is 0 Å². The largest absolute Gasteiger partial charge is 0.329 e. The standard InChI is InChI=1S/C13H28N2/c1-5-10(2)12(9-14)15-11-6-7-13(3,4)8-11/h10-12,15H,5-9,14H2,1-4H3. The van der Waals surface area contributed by atoms with Gasteiger partial charge in [-0.3, -0.25) is 0 Å². The van der Waals surface area contributed by atoms with E-state index in [1.807, 2.05) is 0 Å². The van der Waals surface area contributed by atoms with Crippen LogP contribution in [0, 0.1) is 11.3 Å². The summed E-state index contributed by atoms with van der Waals surface area (Å²) >= 11 is 0. The average Bonchev–Trinajstić information content (AvgIpc) is 2.53. The van der Waals surface area contributed by atoms with E-state index in [0.717, 1.165) is 6.54 Å². The highest BCUT2D eigenvalue weighted by atomic mass is 15.0. The summed E-state index contributed by atoms with van der Waals surface area (Å²) in [5.41, 5.74) is 6.37. The highest BCUT2D eigenvalue weighted by Crippen LogP contribution is 2.37. The van der Waals surface area contributed by atoms with E-state index in [1.54, 1.807) is 0 Å². The molecule has 0 heterocycles. The van der Waals surface area contributed by atoms with Crippen LogP contribution in [0.25, 0.3) is 0 Å². The Hall–Kier alpha value is -0.0800. The van der Waals surface area contributed by atoms with E-state index in [-0.39, 0.29) is 0 Å². The first-order chi connectivity index (χ1) is 6.98.